The Balaban J connectivity index is 1.94. The summed E-state index contributed by atoms with van der Waals surface area (Å²) in [7, 11) is 0. The van der Waals surface area contributed by atoms with Crippen molar-refractivity contribution in [3.63, 3.8) is 0 Å². The Labute approximate surface area is 117 Å². The third kappa shape index (κ3) is 2.16. The van der Waals surface area contributed by atoms with E-state index in [2.05, 4.69) is 19.7 Å². The zero-order valence-corrected chi connectivity index (χ0v) is 11.1. The quantitative estimate of drug-likeness (QED) is 0.788. The van der Waals surface area contributed by atoms with E-state index in [-0.39, 0.29) is 5.56 Å². The molecular formula is C12H8N4O3S. The van der Waals surface area contributed by atoms with Gasteiger partial charge in [-0.05, 0) is 30.6 Å². The summed E-state index contributed by atoms with van der Waals surface area (Å²) in [5, 5.41) is 16.6. The van der Waals surface area contributed by atoms with Gasteiger partial charge in [-0.3, -0.25) is 0 Å². The molecule has 3 aromatic rings. The van der Waals surface area contributed by atoms with Gasteiger partial charge in [0, 0.05) is 5.56 Å². The molecule has 0 atom stereocenters. The van der Waals surface area contributed by atoms with E-state index in [0.29, 0.717) is 17.3 Å². The van der Waals surface area contributed by atoms with E-state index in [9.17, 15) is 4.79 Å². The van der Waals surface area contributed by atoms with Gasteiger partial charge in [0.15, 0.2) is 0 Å². The molecule has 0 spiro atoms. The van der Waals surface area contributed by atoms with Gasteiger partial charge in [0.2, 0.25) is 5.82 Å². The maximum Gasteiger partial charge on any atom is 0.335 e. The van der Waals surface area contributed by atoms with Crippen LogP contribution < -0.4 is 0 Å². The number of carboxylic acids is 1. The molecule has 20 heavy (non-hydrogen) atoms. The van der Waals surface area contributed by atoms with Crippen molar-refractivity contribution in [2.24, 2.45) is 0 Å². The van der Waals surface area contributed by atoms with Crippen LogP contribution >= 0.6 is 11.5 Å². The second-order valence-corrected chi connectivity index (χ2v) is 4.75. The zero-order chi connectivity index (χ0) is 14.1. The highest BCUT2D eigenvalue weighted by Crippen LogP contribution is 2.26. The van der Waals surface area contributed by atoms with Gasteiger partial charge >= 0.3 is 5.97 Å². The molecule has 0 bridgehead atoms. The highest BCUT2D eigenvalue weighted by atomic mass is 32.1. The van der Waals surface area contributed by atoms with E-state index < -0.39 is 5.97 Å². The van der Waals surface area contributed by atoms with Gasteiger partial charge in [-0.15, -0.1) is 5.10 Å². The van der Waals surface area contributed by atoms with Crippen LogP contribution in [0.15, 0.2) is 28.8 Å². The first-order valence-electron chi connectivity index (χ1n) is 5.62. The van der Waals surface area contributed by atoms with E-state index in [4.69, 9.17) is 9.63 Å². The topological polar surface area (TPSA) is 102 Å². The molecule has 100 valence electrons. The first-order chi connectivity index (χ1) is 9.65. The Bertz CT molecular complexity index is 763. The average Bonchev–Trinajstić information content (AvgIpc) is 3.07. The van der Waals surface area contributed by atoms with Gasteiger partial charge in [-0.25, -0.2) is 4.79 Å². The van der Waals surface area contributed by atoms with Crippen LogP contribution in [0.1, 0.15) is 16.1 Å². The lowest BCUT2D eigenvalue weighted by atomic mass is 10.1. The van der Waals surface area contributed by atoms with E-state index in [1.54, 1.807) is 12.1 Å². The van der Waals surface area contributed by atoms with Crippen molar-refractivity contribution in [3.8, 4) is 22.2 Å². The lowest BCUT2D eigenvalue weighted by Crippen LogP contribution is -1.95. The van der Waals surface area contributed by atoms with Crippen LogP contribution in [0.3, 0.4) is 0 Å². The number of aromatic nitrogens is 4. The summed E-state index contributed by atoms with van der Waals surface area (Å²) in [5.74, 6) is -0.226. The molecule has 0 aliphatic carbocycles. The van der Waals surface area contributed by atoms with Crippen LogP contribution in [0.2, 0.25) is 0 Å². The lowest BCUT2D eigenvalue weighted by molar-refractivity contribution is 0.0697. The standard InChI is InChI=1S/C12H8N4O3S/c1-6-9(20-16-14-6)11-13-10(15-19-11)7-2-4-8(5-3-7)12(17)18/h2-5H,1H3,(H,17,18). The minimum atomic E-state index is -0.975. The first kappa shape index (κ1) is 12.4. The number of nitrogens with zero attached hydrogens (tertiary/aromatic N) is 4. The molecule has 1 aromatic carbocycles. The summed E-state index contributed by atoms with van der Waals surface area (Å²) >= 11 is 1.18. The van der Waals surface area contributed by atoms with Crippen LogP contribution in [0.25, 0.3) is 22.2 Å². The molecule has 0 saturated heterocycles. The molecule has 8 heteroatoms. The van der Waals surface area contributed by atoms with Crippen LogP contribution in [0, 0.1) is 6.92 Å². The fourth-order valence-corrected chi connectivity index (χ4v) is 2.20. The molecular weight excluding hydrogens is 280 g/mol. The molecule has 2 aromatic heterocycles. The Morgan fingerprint density at radius 3 is 2.65 bits per heavy atom. The highest BCUT2D eigenvalue weighted by molar-refractivity contribution is 7.09. The second kappa shape index (κ2) is 4.82. The van der Waals surface area contributed by atoms with Crippen molar-refractivity contribution in [1.29, 1.82) is 0 Å². The summed E-state index contributed by atoms with van der Waals surface area (Å²) in [5.41, 5.74) is 1.62. The van der Waals surface area contributed by atoms with Crippen LogP contribution in [0.5, 0.6) is 0 Å². The van der Waals surface area contributed by atoms with E-state index in [1.165, 1.54) is 23.7 Å². The Morgan fingerprint density at radius 1 is 1.30 bits per heavy atom. The van der Waals surface area contributed by atoms with E-state index >= 15 is 0 Å². The molecule has 2 heterocycles. The molecule has 0 aliphatic heterocycles. The van der Waals surface area contributed by atoms with Crippen molar-refractivity contribution in [2.75, 3.05) is 0 Å². The fraction of sp³-hybridized carbons (Fsp3) is 0.0833. The largest absolute Gasteiger partial charge is 0.478 e. The molecule has 0 unspecified atom stereocenters. The van der Waals surface area contributed by atoms with Gasteiger partial charge in [-0.1, -0.05) is 21.8 Å². The first-order valence-corrected chi connectivity index (χ1v) is 6.39. The Hall–Kier alpha value is -2.61. The maximum atomic E-state index is 10.8. The molecule has 7 nitrogen and oxygen atoms in total. The van der Waals surface area contributed by atoms with Crippen molar-refractivity contribution in [2.45, 2.75) is 6.92 Å². The average molecular weight is 288 g/mol. The molecule has 3 rings (SSSR count). The molecule has 0 saturated carbocycles. The third-order valence-electron chi connectivity index (χ3n) is 2.66. The van der Waals surface area contributed by atoms with Gasteiger partial charge in [0.05, 0.1) is 11.3 Å². The minimum Gasteiger partial charge on any atom is -0.478 e. The molecule has 0 amide bonds. The summed E-state index contributed by atoms with van der Waals surface area (Å²) < 4.78 is 8.98. The summed E-state index contributed by atoms with van der Waals surface area (Å²) in [6, 6.07) is 6.26. The van der Waals surface area contributed by atoms with Crippen molar-refractivity contribution >= 4 is 17.5 Å². The number of carboxylic acid groups (broad SMARTS) is 1. The summed E-state index contributed by atoms with van der Waals surface area (Å²) in [4.78, 5) is 15.8. The smallest absolute Gasteiger partial charge is 0.335 e. The van der Waals surface area contributed by atoms with Crippen LogP contribution in [0.4, 0.5) is 0 Å². The number of hydrogen-bond donors (Lipinski definition) is 1. The van der Waals surface area contributed by atoms with Crippen molar-refractivity contribution < 1.29 is 14.4 Å². The highest BCUT2D eigenvalue weighted by Gasteiger charge is 2.15. The minimum absolute atomic E-state index is 0.208. The number of rotatable bonds is 3. The Morgan fingerprint density at radius 2 is 2.05 bits per heavy atom. The van der Waals surface area contributed by atoms with E-state index in [0.717, 1.165) is 10.6 Å². The maximum absolute atomic E-state index is 10.8. The summed E-state index contributed by atoms with van der Waals surface area (Å²) in [6.45, 7) is 1.81. The van der Waals surface area contributed by atoms with Gasteiger partial charge in [0.1, 0.15) is 4.88 Å². The number of hydrogen-bond acceptors (Lipinski definition) is 7. The molecule has 0 aliphatic rings. The molecule has 1 N–H and O–H groups in total. The van der Waals surface area contributed by atoms with E-state index in [1.807, 2.05) is 6.92 Å². The van der Waals surface area contributed by atoms with Gasteiger partial charge < -0.3 is 9.63 Å². The van der Waals surface area contributed by atoms with Crippen molar-refractivity contribution in [3.05, 3.63) is 35.5 Å². The normalized spacial score (nSPS) is 10.7. The SMILES string of the molecule is Cc1nnsc1-c1nc(-c2ccc(C(=O)O)cc2)no1. The molecule has 0 fully saturated rings. The van der Waals surface area contributed by atoms with Gasteiger partial charge in [-0.2, -0.15) is 4.98 Å². The number of benzene rings is 1. The number of aryl methyl sites for hydroxylation is 1. The second-order valence-electron chi connectivity index (χ2n) is 3.99. The third-order valence-corrected chi connectivity index (χ3v) is 3.48. The number of carbonyl (C=O) groups is 1. The monoisotopic (exact) mass is 288 g/mol. The van der Waals surface area contributed by atoms with Crippen LogP contribution in [-0.2, 0) is 0 Å². The predicted molar refractivity (Wildman–Crippen MR) is 70.3 cm³/mol. The predicted octanol–water partition coefficient (Wildman–Crippen LogP) is 2.26. The van der Waals surface area contributed by atoms with Gasteiger partial charge in [0.25, 0.3) is 5.89 Å². The molecule has 0 radical (unpaired) electrons. The number of aromatic carboxylic acids is 1. The summed E-state index contributed by atoms with van der Waals surface area (Å²) in [6.07, 6.45) is 0. The van der Waals surface area contributed by atoms with Crippen molar-refractivity contribution in [1.82, 2.24) is 19.7 Å². The lowest BCUT2D eigenvalue weighted by Gasteiger charge is -1.95. The zero-order valence-electron chi connectivity index (χ0n) is 10.3. The Kier molecular flexibility index (Phi) is 2.99. The van der Waals surface area contributed by atoms with Crippen LogP contribution in [-0.4, -0.2) is 30.8 Å². The fourth-order valence-electron chi connectivity index (χ4n) is 1.62.